The van der Waals surface area contributed by atoms with Crippen molar-refractivity contribution in [1.29, 1.82) is 0 Å². The quantitative estimate of drug-likeness (QED) is 0.0217. The van der Waals surface area contributed by atoms with Gasteiger partial charge in [0.1, 0.15) is 19.8 Å². The van der Waals surface area contributed by atoms with Crippen molar-refractivity contribution in [1.82, 2.24) is 0 Å². The van der Waals surface area contributed by atoms with Crippen molar-refractivity contribution in [2.45, 2.75) is 136 Å². The summed E-state index contributed by atoms with van der Waals surface area (Å²) in [7, 11) is 1.41. The van der Waals surface area contributed by atoms with Gasteiger partial charge >= 0.3 is 19.8 Å². The highest BCUT2D eigenvalue weighted by Crippen LogP contribution is 2.43. The fourth-order valence-electron chi connectivity index (χ4n) is 4.97. The van der Waals surface area contributed by atoms with Gasteiger partial charge in [0.05, 0.1) is 27.7 Å². The molecule has 0 aliphatic rings. The molecule has 0 heterocycles. The summed E-state index contributed by atoms with van der Waals surface area (Å²) in [4.78, 5) is 35.3. The molecule has 0 saturated carbocycles. The van der Waals surface area contributed by atoms with Crippen LogP contribution in [-0.4, -0.2) is 74.9 Å². The lowest BCUT2D eigenvalue weighted by Crippen LogP contribution is -2.37. The van der Waals surface area contributed by atoms with E-state index in [-0.39, 0.29) is 26.1 Å². The second-order valence-electron chi connectivity index (χ2n) is 15.0. The second kappa shape index (κ2) is 39.1. The fourth-order valence-corrected chi connectivity index (χ4v) is 5.71. The van der Waals surface area contributed by atoms with Gasteiger partial charge in [-0.05, 0) is 96.3 Å². The first-order valence-corrected chi connectivity index (χ1v) is 23.1. The Labute approximate surface area is 353 Å². The number of rotatable bonds is 37. The second-order valence-corrected chi connectivity index (χ2v) is 16.4. The zero-order valence-electron chi connectivity index (χ0n) is 36.7. The smallest absolute Gasteiger partial charge is 0.462 e. The van der Waals surface area contributed by atoms with Crippen LogP contribution in [0.3, 0.4) is 0 Å². The summed E-state index contributed by atoms with van der Waals surface area (Å²) >= 11 is 0. The van der Waals surface area contributed by atoms with E-state index in [1.807, 2.05) is 21.1 Å². The van der Waals surface area contributed by atoms with Crippen LogP contribution in [0.25, 0.3) is 0 Å². The molecule has 0 aromatic carbocycles. The lowest BCUT2D eigenvalue weighted by atomic mass is 10.1. The van der Waals surface area contributed by atoms with Crippen LogP contribution in [0, 0.1) is 0 Å². The van der Waals surface area contributed by atoms with Gasteiger partial charge in [-0.15, -0.1) is 0 Å². The van der Waals surface area contributed by atoms with E-state index >= 15 is 0 Å². The average Bonchev–Trinajstić information content (AvgIpc) is 3.17. The molecule has 0 aromatic rings. The number of ether oxygens (including phenoxy) is 2. The number of likely N-dealkylation sites (N-methyl/N-ethyl adjacent to an activating group) is 1. The molecule has 0 bridgehead atoms. The van der Waals surface area contributed by atoms with Crippen molar-refractivity contribution in [2.24, 2.45) is 0 Å². The van der Waals surface area contributed by atoms with E-state index in [9.17, 15) is 19.0 Å². The Hall–Kier alpha value is -3.33. The number of quaternary nitrogens is 1. The first kappa shape index (κ1) is 54.7. The first-order valence-electron chi connectivity index (χ1n) is 21.6. The largest absolute Gasteiger partial charge is 0.472 e. The highest BCUT2D eigenvalue weighted by Gasteiger charge is 2.27. The number of hydrogen-bond donors (Lipinski definition) is 1. The number of esters is 2. The van der Waals surface area contributed by atoms with Gasteiger partial charge in [0.15, 0.2) is 6.10 Å². The third-order valence-corrected chi connectivity index (χ3v) is 9.28. The molecule has 2 atom stereocenters. The van der Waals surface area contributed by atoms with Crippen molar-refractivity contribution >= 4 is 19.8 Å². The molecule has 0 aromatic heterocycles. The van der Waals surface area contributed by atoms with Crippen LogP contribution in [0.2, 0.25) is 0 Å². The minimum absolute atomic E-state index is 0.0112. The van der Waals surface area contributed by atoms with Gasteiger partial charge in [-0.3, -0.25) is 18.6 Å². The molecular weight excluding hydrogens is 750 g/mol. The lowest BCUT2D eigenvalue weighted by molar-refractivity contribution is -0.870. The molecule has 0 saturated heterocycles. The Morgan fingerprint density at radius 3 is 1.38 bits per heavy atom. The third kappa shape index (κ3) is 42.3. The molecule has 0 radical (unpaired) electrons. The highest BCUT2D eigenvalue weighted by atomic mass is 31.2. The number of carbonyl (C=O) groups excluding carboxylic acids is 2. The van der Waals surface area contributed by atoms with Crippen LogP contribution in [0.1, 0.15) is 129 Å². The molecule has 0 aliphatic heterocycles. The molecule has 10 heteroatoms. The van der Waals surface area contributed by atoms with E-state index in [4.69, 9.17) is 18.5 Å². The molecule has 0 spiro atoms. The number of nitrogens with zero attached hydrogens (tertiary/aromatic N) is 1. The summed E-state index contributed by atoms with van der Waals surface area (Å²) < 4.78 is 34.2. The maximum absolute atomic E-state index is 12.7. The van der Waals surface area contributed by atoms with Crippen molar-refractivity contribution in [3.8, 4) is 0 Å². The molecule has 1 unspecified atom stereocenters. The zero-order chi connectivity index (χ0) is 42.8. The van der Waals surface area contributed by atoms with Gasteiger partial charge in [0.25, 0.3) is 0 Å². The van der Waals surface area contributed by atoms with Crippen LogP contribution >= 0.6 is 7.82 Å². The molecule has 0 fully saturated rings. The standard InChI is InChI=1S/C48H78NO8P/c1-6-8-10-12-14-16-18-20-22-23-24-25-27-29-31-33-35-37-39-41-48(51)57-46(45-56-58(52,53)55-43-42-49(3,4)5)44-54-47(50)40-38-36-34-32-30-28-26-21-19-17-15-13-11-9-7-2/h8-11,14-17,20-22,24-26,29-32,46H,6-7,12-13,18-19,23,27-28,33-45H2,1-5H3/p+1/b10-8-,11-9-,16-14-,17-15-,22-20-,25-24-,26-21-,31-29-,32-30-/t46-/m1/s1. The maximum Gasteiger partial charge on any atom is 0.472 e. The number of unbranched alkanes of at least 4 members (excludes halogenated alkanes) is 5. The van der Waals surface area contributed by atoms with Crippen molar-refractivity contribution in [2.75, 3.05) is 47.5 Å². The van der Waals surface area contributed by atoms with Gasteiger partial charge < -0.3 is 18.9 Å². The van der Waals surface area contributed by atoms with E-state index in [0.29, 0.717) is 23.9 Å². The van der Waals surface area contributed by atoms with E-state index in [1.165, 1.54) is 0 Å². The van der Waals surface area contributed by atoms with Crippen LogP contribution in [0.5, 0.6) is 0 Å². The SMILES string of the molecule is CC/C=C\C/C=C\C/C=C\C/C=C\C/C=C\CCCCCC(=O)O[C@H](COC(=O)CCCC/C=C\C/C=C\C/C=C\C/C=C\CC)COP(=O)(O)OCC[N+](C)(C)C. The summed E-state index contributed by atoms with van der Waals surface area (Å²) in [5.41, 5.74) is 0. The summed E-state index contributed by atoms with van der Waals surface area (Å²) in [5, 5.41) is 0. The number of allylic oxidation sites excluding steroid dienone is 18. The zero-order valence-corrected chi connectivity index (χ0v) is 37.6. The van der Waals surface area contributed by atoms with Crippen molar-refractivity contribution < 1.29 is 42.1 Å². The van der Waals surface area contributed by atoms with Crippen molar-refractivity contribution in [3.63, 3.8) is 0 Å². The van der Waals surface area contributed by atoms with Crippen LogP contribution in [-0.2, 0) is 32.7 Å². The van der Waals surface area contributed by atoms with Gasteiger partial charge in [0, 0.05) is 12.8 Å². The first-order chi connectivity index (χ1) is 28.0. The van der Waals surface area contributed by atoms with E-state index < -0.39 is 32.5 Å². The van der Waals surface area contributed by atoms with Gasteiger partial charge in [0.2, 0.25) is 0 Å². The van der Waals surface area contributed by atoms with E-state index in [0.717, 1.165) is 89.9 Å². The molecule has 9 nitrogen and oxygen atoms in total. The molecule has 0 aliphatic carbocycles. The highest BCUT2D eigenvalue weighted by molar-refractivity contribution is 7.47. The Kier molecular flexibility index (Phi) is 36.9. The predicted octanol–water partition coefficient (Wildman–Crippen LogP) is 12.3. The Morgan fingerprint density at radius 1 is 0.534 bits per heavy atom. The Bertz CT molecular complexity index is 1350. The van der Waals surface area contributed by atoms with Gasteiger partial charge in [-0.2, -0.15) is 0 Å². The molecular formula is C48H79NO8P+. The minimum atomic E-state index is -4.40. The normalized spacial score (nSPS) is 14.7. The number of phosphoric ester groups is 1. The Balaban J connectivity index is 4.53. The molecule has 0 rings (SSSR count). The van der Waals surface area contributed by atoms with Crippen molar-refractivity contribution in [3.05, 3.63) is 109 Å². The monoisotopic (exact) mass is 829 g/mol. The number of phosphoric acid groups is 1. The maximum atomic E-state index is 12.7. The summed E-state index contributed by atoms with van der Waals surface area (Å²) in [6, 6.07) is 0. The van der Waals surface area contributed by atoms with Crippen LogP contribution in [0.4, 0.5) is 0 Å². The van der Waals surface area contributed by atoms with Gasteiger partial charge in [-0.25, -0.2) is 4.57 Å². The van der Waals surface area contributed by atoms with Crippen LogP contribution in [0.15, 0.2) is 109 Å². The van der Waals surface area contributed by atoms with Gasteiger partial charge in [-0.1, -0.05) is 130 Å². The lowest BCUT2D eigenvalue weighted by Gasteiger charge is -2.24. The molecule has 58 heavy (non-hydrogen) atoms. The molecule has 1 N–H and O–H groups in total. The molecule has 0 amide bonds. The predicted molar refractivity (Wildman–Crippen MR) is 242 cm³/mol. The average molecular weight is 829 g/mol. The fraction of sp³-hybridized carbons (Fsp3) is 0.583. The number of carbonyl (C=O) groups is 2. The topological polar surface area (TPSA) is 108 Å². The number of hydrogen-bond acceptors (Lipinski definition) is 7. The Morgan fingerprint density at radius 2 is 0.931 bits per heavy atom. The van der Waals surface area contributed by atoms with E-state index in [1.54, 1.807) is 0 Å². The summed E-state index contributed by atoms with van der Waals surface area (Å²) in [5.74, 6) is -0.899. The molecule has 328 valence electrons. The summed E-state index contributed by atoms with van der Waals surface area (Å²) in [6.07, 6.45) is 52.9. The van der Waals surface area contributed by atoms with Crippen LogP contribution < -0.4 is 0 Å². The summed E-state index contributed by atoms with van der Waals surface area (Å²) in [6.45, 7) is 4.07. The van der Waals surface area contributed by atoms with E-state index in [2.05, 4.69) is 123 Å². The third-order valence-electron chi connectivity index (χ3n) is 8.30. The minimum Gasteiger partial charge on any atom is -0.462 e.